The van der Waals surface area contributed by atoms with Crippen LogP contribution in [0.5, 0.6) is 0 Å². The Bertz CT molecular complexity index is 1420. The molecule has 0 saturated carbocycles. The van der Waals surface area contributed by atoms with E-state index >= 15 is 0 Å². The lowest BCUT2D eigenvalue weighted by molar-refractivity contribution is -0.166. The van der Waals surface area contributed by atoms with Gasteiger partial charge in [-0.2, -0.15) is 0 Å². The second-order valence-electron chi connectivity index (χ2n) is 21.0. The van der Waals surface area contributed by atoms with Crippen LogP contribution in [0.25, 0.3) is 0 Å². The van der Waals surface area contributed by atoms with Gasteiger partial charge in [0.2, 0.25) is 0 Å². The molecule has 0 rings (SSSR count). The lowest BCUT2D eigenvalue weighted by Crippen LogP contribution is -2.30. The van der Waals surface area contributed by atoms with Crippen LogP contribution in [0, 0.1) is 0 Å². The second-order valence-corrected chi connectivity index (χ2v) is 21.0. The van der Waals surface area contributed by atoms with E-state index in [4.69, 9.17) is 14.2 Å². The summed E-state index contributed by atoms with van der Waals surface area (Å²) in [6.45, 7) is 6.46. The number of hydrogen-bond donors (Lipinski definition) is 0. The normalized spacial score (nSPS) is 12.6. The van der Waals surface area contributed by atoms with Gasteiger partial charge in [0, 0.05) is 12.8 Å². The Labute approximate surface area is 458 Å². The zero-order chi connectivity index (χ0) is 53.6. The number of allylic oxidation sites excluding steroid dienone is 13. The van der Waals surface area contributed by atoms with Crippen molar-refractivity contribution in [2.75, 3.05) is 13.2 Å². The molecule has 0 bridgehead atoms. The van der Waals surface area contributed by atoms with Crippen molar-refractivity contribution in [3.8, 4) is 0 Å². The van der Waals surface area contributed by atoms with E-state index in [-0.39, 0.29) is 31.6 Å². The molecule has 0 spiro atoms. The molecule has 0 aliphatic carbocycles. The van der Waals surface area contributed by atoms with Crippen LogP contribution in [-0.2, 0) is 28.6 Å². The largest absolute Gasteiger partial charge is 0.462 e. The van der Waals surface area contributed by atoms with Gasteiger partial charge in [-0.15, -0.1) is 0 Å². The molecule has 0 N–H and O–H groups in total. The molecule has 6 heteroatoms. The molecule has 0 aliphatic rings. The van der Waals surface area contributed by atoms with E-state index in [1.54, 1.807) is 6.08 Å². The monoisotopic (exact) mass is 1030 g/mol. The van der Waals surface area contributed by atoms with Gasteiger partial charge in [0.25, 0.3) is 0 Å². The Hall–Kier alpha value is -3.41. The summed E-state index contributed by atoms with van der Waals surface area (Å²) in [4.78, 5) is 38.2. The third-order valence-corrected chi connectivity index (χ3v) is 13.7. The zero-order valence-electron chi connectivity index (χ0n) is 48.8. The molecule has 0 aromatic heterocycles. The molecule has 0 fully saturated rings. The summed E-state index contributed by atoms with van der Waals surface area (Å²) in [7, 11) is 0. The van der Waals surface area contributed by atoms with E-state index in [1.807, 2.05) is 6.08 Å². The van der Waals surface area contributed by atoms with Crippen LogP contribution >= 0.6 is 0 Å². The highest BCUT2D eigenvalue weighted by atomic mass is 16.6. The lowest BCUT2D eigenvalue weighted by Gasteiger charge is -2.18. The van der Waals surface area contributed by atoms with Gasteiger partial charge in [-0.1, -0.05) is 298 Å². The Balaban J connectivity index is 4.31. The standard InChI is InChI=1S/C68H118O6/c1-4-7-10-13-16-19-22-25-28-29-30-31-32-33-34-35-36-37-38-39-41-43-46-49-52-55-58-61-67(70)73-64-65(63-72-66(69)60-57-54-51-48-45-42-27-24-21-18-15-12-9-6-3)74-68(71)62-59-56-53-50-47-44-40-26-23-20-17-14-11-8-5-2/h8,11,17,20,22,25-26,29-30,40,47,50,56,59,65H,4-7,9-10,12-16,18-19,21,23-24,27-28,31-39,41-46,48-49,51-55,57-58,60-64H2,1-3H3/b11-8-,20-17-,25-22-,30-29-,40-26-,50-47-,59-56-. The SMILES string of the molecule is CC/C=C\C/C=C\C/C=C\C/C=C\C/C=C\CC(=O)OC(COC(=O)CCCCCCCCCCCCCCCC)COC(=O)CCCCCCCCCCCCCCCCC/C=C\C/C=C\CCCCCCC. The van der Waals surface area contributed by atoms with Gasteiger partial charge in [-0.05, 0) is 77.0 Å². The van der Waals surface area contributed by atoms with Crippen molar-refractivity contribution in [2.24, 2.45) is 0 Å². The molecule has 0 amide bonds. The number of ether oxygens (including phenoxy) is 3. The van der Waals surface area contributed by atoms with Gasteiger partial charge in [0.1, 0.15) is 13.2 Å². The highest BCUT2D eigenvalue weighted by Gasteiger charge is 2.19. The van der Waals surface area contributed by atoms with Crippen molar-refractivity contribution < 1.29 is 28.6 Å². The van der Waals surface area contributed by atoms with Crippen LogP contribution in [0.1, 0.15) is 310 Å². The molecule has 426 valence electrons. The van der Waals surface area contributed by atoms with Crippen LogP contribution in [-0.4, -0.2) is 37.2 Å². The molecule has 74 heavy (non-hydrogen) atoms. The van der Waals surface area contributed by atoms with Gasteiger partial charge < -0.3 is 14.2 Å². The molecule has 0 aliphatic heterocycles. The fraction of sp³-hybridized carbons (Fsp3) is 0.750. The predicted octanol–water partition coefficient (Wildman–Crippen LogP) is 21.5. The maximum absolute atomic E-state index is 12.8. The first kappa shape index (κ1) is 70.6. The summed E-state index contributed by atoms with van der Waals surface area (Å²) >= 11 is 0. The van der Waals surface area contributed by atoms with E-state index in [9.17, 15) is 14.4 Å². The Morgan fingerprint density at radius 1 is 0.297 bits per heavy atom. The van der Waals surface area contributed by atoms with Crippen LogP contribution in [0.3, 0.4) is 0 Å². The minimum absolute atomic E-state index is 0.0990. The van der Waals surface area contributed by atoms with Gasteiger partial charge in [0.05, 0.1) is 6.42 Å². The van der Waals surface area contributed by atoms with Gasteiger partial charge in [0.15, 0.2) is 6.10 Å². The minimum atomic E-state index is -0.829. The molecule has 0 aromatic carbocycles. The van der Waals surface area contributed by atoms with Gasteiger partial charge in [-0.25, -0.2) is 0 Å². The Morgan fingerprint density at radius 3 is 0.892 bits per heavy atom. The van der Waals surface area contributed by atoms with Crippen LogP contribution in [0.2, 0.25) is 0 Å². The quantitative estimate of drug-likeness (QED) is 0.0261. The molecule has 0 saturated heterocycles. The summed E-state index contributed by atoms with van der Waals surface area (Å²) in [5, 5.41) is 0. The van der Waals surface area contributed by atoms with Crippen molar-refractivity contribution in [3.05, 3.63) is 85.1 Å². The van der Waals surface area contributed by atoms with E-state index in [0.29, 0.717) is 12.8 Å². The summed E-state index contributed by atoms with van der Waals surface area (Å²) in [6.07, 6.45) is 81.9. The smallest absolute Gasteiger partial charge is 0.310 e. The number of rotatable bonds is 57. The first-order valence-corrected chi connectivity index (χ1v) is 31.6. The van der Waals surface area contributed by atoms with Crippen LogP contribution in [0.15, 0.2) is 85.1 Å². The third kappa shape index (κ3) is 59.5. The van der Waals surface area contributed by atoms with E-state index in [1.165, 1.54) is 193 Å². The summed E-state index contributed by atoms with van der Waals surface area (Å²) < 4.78 is 16.8. The zero-order valence-corrected chi connectivity index (χ0v) is 48.8. The molecular formula is C68H118O6. The lowest BCUT2D eigenvalue weighted by atomic mass is 10.0. The van der Waals surface area contributed by atoms with Crippen molar-refractivity contribution in [1.82, 2.24) is 0 Å². The van der Waals surface area contributed by atoms with Gasteiger partial charge in [-0.3, -0.25) is 14.4 Å². The maximum atomic E-state index is 12.8. The topological polar surface area (TPSA) is 78.9 Å². The first-order valence-electron chi connectivity index (χ1n) is 31.6. The highest BCUT2D eigenvalue weighted by Crippen LogP contribution is 2.17. The number of hydrogen-bond acceptors (Lipinski definition) is 6. The van der Waals surface area contributed by atoms with Crippen molar-refractivity contribution >= 4 is 17.9 Å². The molecule has 1 unspecified atom stereocenters. The fourth-order valence-electron chi connectivity index (χ4n) is 8.96. The summed E-state index contributed by atoms with van der Waals surface area (Å²) in [5.41, 5.74) is 0. The Kier molecular flexibility index (Phi) is 59.3. The van der Waals surface area contributed by atoms with E-state index in [0.717, 1.165) is 77.0 Å². The molecule has 0 heterocycles. The summed E-state index contributed by atoms with van der Waals surface area (Å²) in [5.74, 6) is -1.03. The third-order valence-electron chi connectivity index (χ3n) is 13.7. The van der Waals surface area contributed by atoms with E-state index < -0.39 is 12.1 Å². The number of unbranched alkanes of at least 4 members (excludes halogenated alkanes) is 33. The summed E-state index contributed by atoms with van der Waals surface area (Å²) in [6, 6.07) is 0. The fourth-order valence-corrected chi connectivity index (χ4v) is 8.96. The van der Waals surface area contributed by atoms with Crippen molar-refractivity contribution in [1.29, 1.82) is 0 Å². The van der Waals surface area contributed by atoms with Crippen LogP contribution < -0.4 is 0 Å². The number of carbonyl (C=O) groups excluding carboxylic acids is 3. The highest BCUT2D eigenvalue weighted by molar-refractivity contribution is 5.72. The number of carbonyl (C=O) groups is 3. The van der Waals surface area contributed by atoms with Crippen molar-refractivity contribution in [2.45, 2.75) is 316 Å². The maximum Gasteiger partial charge on any atom is 0.310 e. The second kappa shape index (κ2) is 62.1. The molecule has 6 nitrogen and oxygen atoms in total. The van der Waals surface area contributed by atoms with Crippen molar-refractivity contribution in [3.63, 3.8) is 0 Å². The molecule has 0 radical (unpaired) electrons. The number of esters is 3. The average molecular weight is 1030 g/mol. The predicted molar refractivity (Wildman–Crippen MR) is 321 cm³/mol. The average Bonchev–Trinajstić information content (AvgIpc) is 3.40. The minimum Gasteiger partial charge on any atom is -0.462 e. The molecule has 0 aromatic rings. The first-order chi connectivity index (χ1) is 36.5. The molecule has 1 atom stereocenters. The van der Waals surface area contributed by atoms with Gasteiger partial charge >= 0.3 is 17.9 Å². The Morgan fingerprint density at radius 2 is 0.568 bits per heavy atom. The van der Waals surface area contributed by atoms with Crippen LogP contribution in [0.4, 0.5) is 0 Å². The van der Waals surface area contributed by atoms with E-state index in [2.05, 4.69) is 93.7 Å². The molecular weight excluding hydrogens is 913 g/mol.